The van der Waals surface area contributed by atoms with Crippen LogP contribution in [0.3, 0.4) is 0 Å². The number of hydrogen-bond acceptors (Lipinski definition) is 5. The number of nitrogens with zero attached hydrogens (tertiary/aromatic N) is 2. The van der Waals surface area contributed by atoms with Crippen LogP contribution < -0.4 is 9.47 Å². The lowest BCUT2D eigenvalue weighted by Gasteiger charge is -2.18. The van der Waals surface area contributed by atoms with Crippen LogP contribution in [0.1, 0.15) is 5.69 Å². The summed E-state index contributed by atoms with van der Waals surface area (Å²) in [6.45, 7) is 1.18. The van der Waals surface area contributed by atoms with E-state index in [2.05, 4.69) is 4.98 Å². The van der Waals surface area contributed by atoms with Gasteiger partial charge in [-0.1, -0.05) is 11.8 Å². The molecule has 0 bridgehead atoms. The van der Waals surface area contributed by atoms with E-state index in [1.165, 1.54) is 0 Å². The van der Waals surface area contributed by atoms with E-state index in [4.69, 9.17) is 14.7 Å². The van der Waals surface area contributed by atoms with Gasteiger partial charge in [-0.25, -0.2) is 4.98 Å². The molecular weight excluding hydrogens is 260 g/mol. The van der Waals surface area contributed by atoms with Gasteiger partial charge >= 0.3 is 0 Å². The molecule has 0 fully saturated rings. The van der Waals surface area contributed by atoms with E-state index >= 15 is 0 Å². The predicted molar refractivity (Wildman–Crippen MR) is 70.5 cm³/mol. The Morgan fingerprint density at radius 3 is 2.58 bits per heavy atom. The number of fused-ring (bicyclic) bond motifs is 1. The van der Waals surface area contributed by atoms with E-state index < -0.39 is 0 Å². The van der Waals surface area contributed by atoms with Gasteiger partial charge in [0.15, 0.2) is 11.5 Å². The summed E-state index contributed by atoms with van der Waals surface area (Å²) < 4.78 is 11.0. The molecule has 0 unspecified atom stereocenters. The number of nitriles is 1. The van der Waals surface area contributed by atoms with Gasteiger partial charge in [-0.15, -0.1) is 0 Å². The lowest BCUT2D eigenvalue weighted by Crippen LogP contribution is -2.15. The highest BCUT2D eigenvalue weighted by Gasteiger charge is 2.12. The van der Waals surface area contributed by atoms with E-state index in [1.54, 1.807) is 24.0 Å². The Balaban J connectivity index is 1.81. The summed E-state index contributed by atoms with van der Waals surface area (Å²) in [7, 11) is 0. The second-order valence-corrected chi connectivity index (χ2v) is 5.05. The summed E-state index contributed by atoms with van der Waals surface area (Å²) in [6.07, 6.45) is 1.69. The molecule has 4 nitrogen and oxygen atoms in total. The fourth-order valence-corrected chi connectivity index (χ4v) is 2.55. The van der Waals surface area contributed by atoms with Crippen LogP contribution in [-0.2, 0) is 0 Å². The molecule has 1 aliphatic heterocycles. The third kappa shape index (κ3) is 2.64. The van der Waals surface area contributed by atoms with Gasteiger partial charge in [0.1, 0.15) is 25.0 Å². The monoisotopic (exact) mass is 270 g/mol. The Morgan fingerprint density at radius 1 is 1.05 bits per heavy atom. The van der Waals surface area contributed by atoms with Crippen LogP contribution in [0.2, 0.25) is 0 Å². The topological polar surface area (TPSA) is 55.1 Å². The maximum Gasteiger partial charge on any atom is 0.162 e. The van der Waals surface area contributed by atoms with Crippen LogP contribution >= 0.6 is 11.8 Å². The second-order valence-electron chi connectivity index (χ2n) is 3.90. The van der Waals surface area contributed by atoms with Gasteiger partial charge in [-0.3, -0.25) is 0 Å². The molecule has 5 heteroatoms. The first-order valence-electron chi connectivity index (χ1n) is 5.79. The summed E-state index contributed by atoms with van der Waals surface area (Å²) in [5.41, 5.74) is 0.423. The van der Waals surface area contributed by atoms with E-state index in [9.17, 15) is 0 Å². The van der Waals surface area contributed by atoms with Crippen molar-refractivity contribution in [1.82, 2.24) is 4.98 Å². The standard InChI is InChI=1S/C14H10N2O2S/c15-8-10-1-2-12(9-16-10)19-11-3-4-13-14(7-11)18-6-5-17-13/h1-4,7,9H,5-6H2. The summed E-state index contributed by atoms with van der Waals surface area (Å²) >= 11 is 1.57. The van der Waals surface area contributed by atoms with Gasteiger partial charge in [-0.05, 0) is 30.3 Å². The SMILES string of the molecule is N#Cc1ccc(Sc2ccc3c(c2)OCCO3)cn1. The Hall–Kier alpha value is -2.19. The first-order valence-corrected chi connectivity index (χ1v) is 6.60. The van der Waals surface area contributed by atoms with Crippen LogP contribution in [0.25, 0.3) is 0 Å². The van der Waals surface area contributed by atoms with E-state index in [0.717, 1.165) is 21.3 Å². The Labute approximate surface area is 115 Å². The van der Waals surface area contributed by atoms with Gasteiger partial charge in [0, 0.05) is 16.0 Å². The zero-order chi connectivity index (χ0) is 13.1. The molecule has 1 aromatic carbocycles. The van der Waals surface area contributed by atoms with E-state index in [-0.39, 0.29) is 0 Å². The molecule has 1 aliphatic rings. The Morgan fingerprint density at radius 2 is 1.84 bits per heavy atom. The van der Waals surface area contributed by atoms with Crippen LogP contribution in [0.15, 0.2) is 46.3 Å². The molecule has 19 heavy (non-hydrogen) atoms. The third-order valence-electron chi connectivity index (χ3n) is 2.60. The molecular formula is C14H10N2O2S. The minimum Gasteiger partial charge on any atom is -0.486 e. The summed E-state index contributed by atoms with van der Waals surface area (Å²) in [6, 6.07) is 11.4. The van der Waals surface area contributed by atoms with Crippen LogP contribution in [-0.4, -0.2) is 18.2 Å². The van der Waals surface area contributed by atoms with Crippen molar-refractivity contribution in [3.05, 3.63) is 42.2 Å². The minimum absolute atomic E-state index is 0.423. The number of aromatic nitrogens is 1. The smallest absolute Gasteiger partial charge is 0.162 e. The molecule has 0 saturated carbocycles. The van der Waals surface area contributed by atoms with Crippen LogP contribution in [0.4, 0.5) is 0 Å². The molecule has 0 atom stereocenters. The lowest BCUT2D eigenvalue weighted by atomic mass is 10.3. The normalized spacial score (nSPS) is 12.8. The van der Waals surface area contributed by atoms with Crippen molar-refractivity contribution in [2.24, 2.45) is 0 Å². The van der Waals surface area contributed by atoms with Crippen LogP contribution in [0.5, 0.6) is 11.5 Å². The fraction of sp³-hybridized carbons (Fsp3) is 0.143. The van der Waals surface area contributed by atoms with Crippen molar-refractivity contribution in [1.29, 1.82) is 5.26 Å². The zero-order valence-corrected chi connectivity index (χ0v) is 10.8. The molecule has 0 N–H and O–H groups in total. The molecule has 0 saturated heterocycles. The quantitative estimate of drug-likeness (QED) is 0.839. The van der Waals surface area contributed by atoms with E-state index in [0.29, 0.717) is 18.9 Å². The maximum absolute atomic E-state index is 8.70. The largest absolute Gasteiger partial charge is 0.486 e. The molecule has 0 amide bonds. The average Bonchev–Trinajstić information content (AvgIpc) is 2.48. The summed E-state index contributed by atoms with van der Waals surface area (Å²) in [5, 5.41) is 8.70. The van der Waals surface area contributed by atoms with Gasteiger partial charge in [-0.2, -0.15) is 5.26 Å². The molecule has 94 valence electrons. The van der Waals surface area contributed by atoms with Crippen molar-refractivity contribution in [2.45, 2.75) is 9.79 Å². The van der Waals surface area contributed by atoms with E-state index in [1.807, 2.05) is 30.3 Å². The Kier molecular flexibility index (Phi) is 3.25. The molecule has 2 heterocycles. The predicted octanol–water partition coefficient (Wildman–Crippen LogP) is 2.88. The molecule has 1 aromatic heterocycles. The lowest BCUT2D eigenvalue weighted by molar-refractivity contribution is 0.171. The van der Waals surface area contributed by atoms with Crippen LogP contribution in [0, 0.1) is 11.3 Å². The number of rotatable bonds is 2. The minimum atomic E-state index is 0.423. The first-order chi connectivity index (χ1) is 9.35. The summed E-state index contributed by atoms with van der Waals surface area (Å²) in [4.78, 5) is 6.08. The van der Waals surface area contributed by atoms with Crippen molar-refractivity contribution in [3.63, 3.8) is 0 Å². The van der Waals surface area contributed by atoms with Crippen molar-refractivity contribution >= 4 is 11.8 Å². The Bertz CT molecular complexity index is 635. The highest BCUT2D eigenvalue weighted by Crippen LogP contribution is 2.36. The first kappa shape index (κ1) is 11.9. The van der Waals surface area contributed by atoms with Gasteiger partial charge in [0.25, 0.3) is 0 Å². The van der Waals surface area contributed by atoms with Crippen molar-refractivity contribution in [3.8, 4) is 17.6 Å². The molecule has 2 aromatic rings. The van der Waals surface area contributed by atoms with Gasteiger partial charge in [0.2, 0.25) is 0 Å². The zero-order valence-electron chi connectivity index (χ0n) is 10.00. The van der Waals surface area contributed by atoms with Gasteiger partial charge in [0.05, 0.1) is 0 Å². The fourth-order valence-electron chi connectivity index (χ4n) is 1.73. The number of pyridine rings is 1. The highest BCUT2D eigenvalue weighted by atomic mass is 32.2. The second kappa shape index (κ2) is 5.21. The van der Waals surface area contributed by atoms with Crippen molar-refractivity contribution < 1.29 is 9.47 Å². The third-order valence-corrected chi connectivity index (χ3v) is 3.57. The average molecular weight is 270 g/mol. The number of benzene rings is 1. The molecule has 0 radical (unpaired) electrons. The number of ether oxygens (including phenoxy) is 2. The molecule has 0 aliphatic carbocycles. The number of hydrogen-bond donors (Lipinski definition) is 0. The molecule has 3 rings (SSSR count). The van der Waals surface area contributed by atoms with Crippen molar-refractivity contribution in [2.75, 3.05) is 13.2 Å². The summed E-state index contributed by atoms with van der Waals surface area (Å²) in [5.74, 6) is 1.56. The maximum atomic E-state index is 8.70. The highest BCUT2D eigenvalue weighted by molar-refractivity contribution is 7.99. The molecule has 0 spiro atoms. The van der Waals surface area contributed by atoms with Gasteiger partial charge < -0.3 is 9.47 Å².